The number of halogens is 3. The molecule has 1 aliphatic heterocycles. The van der Waals surface area contributed by atoms with Crippen LogP contribution < -0.4 is 25.4 Å². The monoisotopic (exact) mass is 472 g/mol. The van der Waals surface area contributed by atoms with Crippen LogP contribution >= 0.6 is 0 Å². The predicted octanol–water partition coefficient (Wildman–Crippen LogP) is 4.11. The van der Waals surface area contributed by atoms with Crippen LogP contribution in [0.5, 0.6) is 11.5 Å². The molecule has 3 aromatic rings. The Kier molecular flexibility index (Phi) is 6.26. The summed E-state index contributed by atoms with van der Waals surface area (Å²) in [6, 6.07) is 12.2. The number of amides is 2. The van der Waals surface area contributed by atoms with Crippen LogP contribution in [0.15, 0.2) is 54.7 Å². The fourth-order valence-electron chi connectivity index (χ4n) is 3.35. The van der Waals surface area contributed by atoms with Gasteiger partial charge in [0.05, 0.1) is 28.9 Å². The number of anilines is 3. The van der Waals surface area contributed by atoms with E-state index in [4.69, 9.17) is 9.47 Å². The highest BCUT2D eigenvalue weighted by Gasteiger charge is 2.34. The highest BCUT2D eigenvalue weighted by atomic mass is 19.4. The van der Waals surface area contributed by atoms with Gasteiger partial charge in [-0.05, 0) is 29.8 Å². The molecule has 1 aromatic heterocycles. The van der Waals surface area contributed by atoms with Crippen LogP contribution in [-0.2, 0) is 17.4 Å². The number of aromatic nitrogens is 1. The van der Waals surface area contributed by atoms with Crippen molar-refractivity contribution in [1.82, 2.24) is 10.3 Å². The molecule has 0 aliphatic carbocycles. The van der Waals surface area contributed by atoms with Crippen LogP contribution in [0.2, 0.25) is 0 Å². The second-order valence-corrected chi connectivity index (χ2v) is 7.28. The van der Waals surface area contributed by atoms with Crippen LogP contribution in [0.25, 0.3) is 0 Å². The molecule has 0 bridgehead atoms. The average Bonchev–Trinajstić information content (AvgIpc) is 3.26. The lowest BCUT2D eigenvalue weighted by atomic mass is 10.1. The third-order valence-corrected chi connectivity index (χ3v) is 4.95. The third-order valence-electron chi connectivity index (χ3n) is 4.95. The van der Waals surface area contributed by atoms with Crippen molar-refractivity contribution in [2.24, 2.45) is 0 Å². The Bertz CT molecular complexity index is 1250. The number of hydrogen-bond acceptors (Lipinski definition) is 6. The quantitative estimate of drug-likeness (QED) is 0.499. The fourth-order valence-corrected chi connectivity index (χ4v) is 3.35. The Hall–Kier alpha value is -4.28. The first kappa shape index (κ1) is 22.9. The van der Waals surface area contributed by atoms with Gasteiger partial charge in [0.2, 0.25) is 12.7 Å². The molecule has 0 saturated carbocycles. The normalized spacial score (nSPS) is 12.2. The van der Waals surface area contributed by atoms with Crippen LogP contribution in [0.3, 0.4) is 0 Å². The zero-order valence-electron chi connectivity index (χ0n) is 17.8. The van der Waals surface area contributed by atoms with E-state index in [9.17, 15) is 22.8 Å². The minimum absolute atomic E-state index is 0.0540. The van der Waals surface area contributed by atoms with Crippen molar-refractivity contribution in [3.05, 3.63) is 71.4 Å². The number of pyridine rings is 1. The standard InChI is InChI=1S/C23H19F3N4O4/c1-27-22(32)14-4-2-3-5-16(14)29-17-10-20(28-11-15(17)23(24,25)26)30-21(31)9-13-6-7-18-19(8-13)34-12-33-18/h2-8,10-11H,9,12H2,1H3,(H,27,32)(H2,28,29,30,31). The number of para-hydroxylation sites is 1. The highest BCUT2D eigenvalue weighted by molar-refractivity contribution is 6.00. The lowest BCUT2D eigenvalue weighted by Crippen LogP contribution is -2.20. The molecule has 11 heteroatoms. The summed E-state index contributed by atoms with van der Waals surface area (Å²) in [5.41, 5.74) is -0.462. The van der Waals surface area contributed by atoms with Gasteiger partial charge in [0.15, 0.2) is 11.5 Å². The first-order valence-corrected chi connectivity index (χ1v) is 10.1. The predicted molar refractivity (Wildman–Crippen MR) is 117 cm³/mol. The smallest absolute Gasteiger partial charge is 0.419 e. The van der Waals surface area contributed by atoms with Gasteiger partial charge >= 0.3 is 6.18 Å². The van der Waals surface area contributed by atoms with Crippen LogP contribution in [0, 0.1) is 0 Å². The molecule has 0 atom stereocenters. The Morgan fingerprint density at radius 3 is 2.56 bits per heavy atom. The van der Waals surface area contributed by atoms with E-state index in [2.05, 4.69) is 20.9 Å². The van der Waals surface area contributed by atoms with Gasteiger partial charge in [0, 0.05) is 19.3 Å². The summed E-state index contributed by atoms with van der Waals surface area (Å²) in [6.07, 6.45) is -4.14. The van der Waals surface area contributed by atoms with Gasteiger partial charge in [-0.2, -0.15) is 13.2 Å². The topological polar surface area (TPSA) is 102 Å². The van der Waals surface area contributed by atoms with E-state index < -0.39 is 23.6 Å². The van der Waals surface area contributed by atoms with Crippen molar-refractivity contribution in [3.63, 3.8) is 0 Å². The molecule has 176 valence electrons. The maximum Gasteiger partial charge on any atom is 0.419 e. The van der Waals surface area contributed by atoms with Crippen molar-refractivity contribution in [1.29, 1.82) is 0 Å². The molecule has 2 amide bonds. The molecule has 0 fully saturated rings. The summed E-state index contributed by atoms with van der Waals surface area (Å²) >= 11 is 0. The second-order valence-electron chi connectivity index (χ2n) is 7.28. The van der Waals surface area contributed by atoms with Crippen molar-refractivity contribution < 1.29 is 32.2 Å². The van der Waals surface area contributed by atoms with Crippen molar-refractivity contribution in [3.8, 4) is 11.5 Å². The van der Waals surface area contributed by atoms with Crippen molar-refractivity contribution >= 4 is 29.0 Å². The Morgan fingerprint density at radius 2 is 1.79 bits per heavy atom. The second kappa shape index (κ2) is 9.30. The number of carbonyl (C=O) groups is 2. The van der Waals surface area contributed by atoms with E-state index in [1.54, 1.807) is 30.3 Å². The molecule has 2 heterocycles. The highest BCUT2D eigenvalue weighted by Crippen LogP contribution is 2.37. The molecule has 4 rings (SSSR count). The molecule has 0 spiro atoms. The number of benzene rings is 2. The van der Waals surface area contributed by atoms with E-state index in [1.165, 1.54) is 19.2 Å². The Balaban J connectivity index is 1.57. The Morgan fingerprint density at radius 1 is 1.03 bits per heavy atom. The molecule has 2 aromatic carbocycles. The van der Waals surface area contributed by atoms with Gasteiger partial charge in [-0.3, -0.25) is 9.59 Å². The Labute approximate surface area is 192 Å². The fraction of sp³-hybridized carbons (Fsp3) is 0.174. The molecule has 1 aliphatic rings. The number of carbonyl (C=O) groups excluding carboxylic acids is 2. The largest absolute Gasteiger partial charge is 0.454 e. The van der Waals surface area contributed by atoms with Crippen LogP contribution in [0.1, 0.15) is 21.5 Å². The van der Waals surface area contributed by atoms with E-state index >= 15 is 0 Å². The van der Waals surface area contributed by atoms with Gasteiger partial charge in [-0.25, -0.2) is 4.98 Å². The zero-order chi connectivity index (χ0) is 24.3. The molecule has 8 nitrogen and oxygen atoms in total. The van der Waals surface area contributed by atoms with Crippen LogP contribution in [-0.4, -0.2) is 30.6 Å². The van der Waals surface area contributed by atoms with Gasteiger partial charge in [-0.1, -0.05) is 18.2 Å². The first-order chi connectivity index (χ1) is 16.2. The summed E-state index contributed by atoms with van der Waals surface area (Å²) < 4.78 is 51.3. The van der Waals surface area contributed by atoms with E-state index in [0.29, 0.717) is 23.3 Å². The maximum atomic E-state index is 13.6. The third kappa shape index (κ3) is 5.03. The SMILES string of the molecule is CNC(=O)c1ccccc1Nc1cc(NC(=O)Cc2ccc3c(c2)OCO3)ncc1C(F)(F)F. The van der Waals surface area contributed by atoms with Crippen molar-refractivity contribution in [2.45, 2.75) is 12.6 Å². The van der Waals surface area contributed by atoms with E-state index in [0.717, 1.165) is 6.07 Å². The number of rotatable bonds is 6. The number of fused-ring (bicyclic) bond motifs is 1. The molecule has 0 saturated heterocycles. The molecule has 3 N–H and O–H groups in total. The van der Waals surface area contributed by atoms with Crippen LogP contribution in [0.4, 0.5) is 30.4 Å². The van der Waals surface area contributed by atoms with Gasteiger partial charge in [0.25, 0.3) is 5.91 Å². The summed E-state index contributed by atoms with van der Waals surface area (Å²) in [5.74, 6) is 0.0463. The minimum atomic E-state index is -4.72. The van der Waals surface area contributed by atoms with Gasteiger partial charge in [0.1, 0.15) is 5.82 Å². The summed E-state index contributed by atoms with van der Waals surface area (Å²) in [7, 11) is 1.42. The average molecular weight is 472 g/mol. The maximum absolute atomic E-state index is 13.6. The van der Waals surface area contributed by atoms with E-state index in [1.807, 2.05) is 0 Å². The van der Waals surface area contributed by atoms with E-state index in [-0.39, 0.29) is 36.0 Å². The molecule has 0 unspecified atom stereocenters. The number of hydrogen-bond donors (Lipinski definition) is 3. The van der Waals surface area contributed by atoms with Gasteiger partial charge < -0.3 is 25.4 Å². The van der Waals surface area contributed by atoms with Gasteiger partial charge in [-0.15, -0.1) is 0 Å². The number of nitrogens with one attached hydrogen (secondary N) is 3. The summed E-state index contributed by atoms with van der Waals surface area (Å²) in [6.45, 7) is 0.0965. The minimum Gasteiger partial charge on any atom is -0.454 e. The molecule has 0 radical (unpaired) electrons. The molecular formula is C23H19F3N4O4. The molecule has 34 heavy (non-hydrogen) atoms. The molecular weight excluding hydrogens is 453 g/mol. The van der Waals surface area contributed by atoms with Crippen molar-refractivity contribution in [2.75, 3.05) is 24.5 Å². The number of alkyl halides is 3. The lowest BCUT2D eigenvalue weighted by molar-refractivity contribution is -0.137. The first-order valence-electron chi connectivity index (χ1n) is 10.1. The number of nitrogens with zero attached hydrogens (tertiary/aromatic N) is 1. The lowest BCUT2D eigenvalue weighted by Gasteiger charge is -2.17. The zero-order valence-corrected chi connectivity index (χ0v) is 17.8. The summed E-state index contributed by atoms with van der Waals surface area (Å²) in [4.78, 5) is 28.3. The summed E-state index contributed by atoms with van der Waals surface area (Å²) in [5, 5.41) is 7.60. The number of ether oxygens (including phenoxy) is 2.